The maximum Gasteiger partial charge on any atom is 0.170 e. The zero-order valence-corrected chi connectivity index (χ0v) is 15.8. The second-order valence-electron chi connectivity index (χ2n) is 7.34. The molecule has 3 heterocycles. The number of fused-ring (bicyclic) bond motifs is 1. The van der Waals surface area contributed by atoms with E-state index in [0.717, 1.165) is 17.7 Å². The van der Waals surface area contributed by atoms with Crippen LogP contribution in [-0.4, -0.2) is 64.5 Å². The number of likely N-dealkylation sites (N-methyl/N-ethyl adjacent to an activating group) is 1. The summed E-state index contributed by atoms with van der Waals surface area (Å²) in [5.74, 6) is 1.06. The zero-order valence-electron chi connectivity index (χ0n) is 15.8. The first-order chi connectivity index (χ1) is 13.5. The Bertz CT molecular complexity index is 963. The molecular weight excluding hydrogens is 363 g/mol. The third kappa shape index (κ3) is 3.90. The van der Waals surface area contributed by atoms with E-state index in [0.29, 0.717) is 36.6 Å². The van der Waals surface area contributed by atoms with E-state index in [-0.39, 0.29) is 18.0 Å². The summed E-state index contributed by atoms with van der Waals surface area (Å²) in [6.07, 6.45) is 1.86. The number of hydrogen-bond acceptors (Lipinski definition) is 8. The Morgan fingerprint density at radius 3 is 3.00 bits per heavy atom. The quantitative estimate of drug-likeness (QED) is 0.664. The predicted molar refractivity (Wildman–Crippen MR) is 104 cm³/mol. The highest BCUT2D eigenvalue weighted by molar-refractivity contribution is 5.79. The molecule has 1 saturated heterocycles. The number of hydrogen-bond donors (Lipinski definition) is 2. The molecule has 8 nitrogen and oxygen atoms in total. The fourth-order valence-electron chi connectivity index (χ4n) is 3.63. The molecule has 4 rings (SSSR count). The summed E-state index contributed by atoms with van der Waals surface area (Å²) in [4.78, 5) is 12.9. The molecule has 1 aromatic carbocycles. The highest BCUT2D eigenvalue weighted by atomic mass is 19.1. The van der Waals surface area contributed by atoms with Gasteiger partial charge in [-0.15, -0.1) is 0 Å². The molecular formula is C19H23FN6O2. The largest absolute Gasteiger partial charge is 0.391 e. The highest BCUT2D eigenvalue weighted by Crippen LogP contribution is 2.26. The smallest absolute Gasteiger partial charge is 0.170 e. The monoisotopic (exact) mass is 386 g/mol. The Kier molecular flexibility index (Phi) is 5.10. The third-order valence-electron chi connectivity index (χ3n) is 4.86. The molecule has 28 heavy (non-hydrogen) atoms. The summed E-state index contributed by atoms with van der Waals surface area (Å²) in [7, 11) is 4.04. The average Bonchev–Trinajstić information content (AvgIpc) is 3.22. The number of halogens is 1. The van der Waals surface area contributed by atoms with Crippen molar-refractivity contribution >= 4 is 22.6 Å². The van der Waals surface area contributed by atoms with E-state index in [2.05, 4.69) is 30.2 Å². The average molecular weight is 386 g/mol. The molecule has 1 aliphatic heterocycles. The van der Waals surface area contributed by atoms with Gasteiger partial charge in [-0.2, -0.15) is 0 Å². The van der Waals surface area contributed by atoms with E-state index in [9.17, 15) is 9.50 Å². The molecule has 2 aromatic heterocycles. The van der Waals surface area contributed by atoms with E-state index in [1.165, 1.54) is 18.5 Å². The Morgan fingerprint density at radius 1 is 1.32 bits per heavy atom. The number of aliphatic hydroxyl groups excluding tert-OH is 1. The molecule has 148 valence electrons. The van der Waals surface area contributed by atoms with Crippen LogP contribution in [-0.2, 0) is 6.54 Å². The second kappa shape index (κ2) is 7.69. The fourth-order valence-corrected chi connectivity index (χ4v) is 3.63. The Labute approximate surface area is 162 Å². The van der Waals surface area contributed by atoms with Crippen LogP contribution in [0, 0.1) is 5.82 Å². The van der Waals surface area contributed by atoms with Gasteiger partial charge in [0.1, 0.15) is 29.5 Å². The summed E-state index contributed by atoms with van der Waals surface area (Å²) >= 11 is 0. The van der Waals surface area contributed by atoms with Crippen molar-refractivity contribution in [2.75, 3.05) is 37.4 Å². The summed E-state index contributed by atoms with van der Waals surface area (Å²) in [5.41, 5.74) is 1.09. The SMILES string of the molecule is CN(C)C[C@H]1C[C@@H](O)CN1c1cc(NCc2noc3cc(F)ccc23)ncn1. The minimum absolute atomic E-state index is 0.196. The minimum Gasteiger partial charge on any atom is -0.391 e. The van der Waals surface area contributed by atoms with Crippen molar-refractivity contribution in [3.8, 4) is 0 Å². The molecule has 9 heteroatoms. The van der Waals surface area contributed by atoms with Crippen molar-refractivity contribution in [3.63, 3.8) is 0 Å². The van der Waals surface area contributed by atoms with Crippen molar-refractivity contribution in [1.82, 2.24) is 20.0 Å². The van der Waals surface area contributed by atoms with Crippen LogP contribution in [0.2, 0.25) is 0 Å². The van der Waals surface area contributed by atoms with E-state index >= 15 is 0 Å². The number of anilines is 2. The molecule has 1 aliphatic rings. The van der Waals surface area contributed by atoms with E-state index in [4.69, 9.17) is 4.52 Å². The maximum absolute atomic E-state index is 13.3. The molecule has 0 amide bonds. The van der Waals surface area contributed by atoms with Gasteiger partial charge in [-0.05, 0) is 32.6 Å². The van der Waals surface area contributed by atoms with Crippen molar-refractivity contribution in [2.24, 2.45) is 0 Å². The summed E-state index contributed by atoms with van der Waals surface area (Å²) < 4.78 is 18.5. The highest BCUT2D eigenvalue weighted by Gasteiger charge is 2.32. The molecule has 0 aliphatic carbocycles. The molecule has 0 spiro atoms. The Balaban J connectivity index is 1.49. The molecule has 0 radical (unpaired) electrons. The van der Waals surface area contributed by atoms with Crippen LogP contribution in [0.15, 0.2) is 35.1 Å². The Morgan fingerprint density at radius 2 is 2.18 bits per heavy atom. The van der Waals surface area contributed by atoms with Crippen molar-refractivity contribution in [1.29, 1.82) is 0 Å². The first-order valence-electron chi connectivity index (χ1n) is 9.19. The van der Waals surface area contributed by atoms with Crippen LogP contribution in [0.4, 0.5) is 16.0 Å². The second-order valence-corrected chi connectivity index (χ2v) is 7.34. The van der Waals surface area contributed by atoms with Gasteiger partial charge in [-0.25, -0.2) is 14.4 Å². The van der Waals surface area contributed by atoms with Gasteiger partial charge in [0.15, 0.2) is 5.58 Å². The van der Waals surface area contributed by atoms with Crippen LogP contribution < -0.4 is 10.2 Å². The van der Waals surface area contributed by atoms with Crippen molar-refractivity contribution < 1.29 is 14.0 Å². The van der Waals surface area contributed by atoms with Crippen LogP contribution in [0.25, 0.3) is 11.0 Å². The first kappa shape index (κ1) is 18.6. The molecule has 0 bridgehead atoms. The number of β-amino-alcohol motifs (C(OH)–C–C–N with tert-alkyl or cyclic N) is 1. The molecule has 3 aromatic rings. The van der Waals surface area contributed by atoms with Gasteiger partial charge in [-0.3, -0.25) is 0 Å². The first-order valence-corrected chi connectivity index (χ1v) is 9.19. The van der Waals surface area contributed by atoms with E-state index < -0.39 is 0 Å². The minimum atomic E-state index is -0.363. The van der Waals surface area contributed by atoms with E-state index in [1.807, 2.05) is 20.2 Å². The van der Waals surface area contributed by atoms with Crippen molar-refractivity contribution in [3.05, 3.63) is 42.1 Å². The number of nitrogens with one attached hydrogen (secondary N) is 1. The molecule has 2 N–H and O–H groups in total. The summed E-state index contributed by atoms with van der Waals surface area (Å²) in [5, 5.41) is 18.1. The van der Waals surface area contributed by atoms with Crippen LogP contribution in [0.5, 0.6) is 0 Å². The number of aromatic nitrogens is 3. The molecule has 2 atom stereocenters. The van der Waals surface area contributed by atoms with Gasteiger partial charge in [0.05, 0.1) is 12.6 Å². The lowest BCUT2D eigenvalue weighted by Gasteiger charge is -2.27. The normalized spacial score (nSPS) is 19.7. The van der Waals surface area contributed by atoms with Gasteiger partial charge in [-0.1, -0.05) is 5.16 Å². The predicted octanol–water partition coefficient (Wildman–Crippen LogP) is 1.87. The number of benzene rings is 1. The van der Waals surface area contributed by atoms with Gasteiger partial charge < -0.3 is 24.7 Å². The van der Waals surface area contributed by atoms with Gasteiger partial charge in [0.25, 0.3) is 0 Å². The summed E-state index contributed by atoms with van der Waals surface area (Å²) in [6, 6.07) is 6.42. The van der Waals surface area contributed by atoms with Gasteiger partial charge in [0, 0.05) is 36.7 Å². The van der Waals surface area contributed by atoms with Crippen LogP contribution >= 0.6 is 0 Å². The summed E-state index contributed by atoms with van der Waals surface area (Å²) in [6.45, 7) is 1.78. The topological polar surface area (TPSA) is 90.6 Å². The standard InChI is InChI=1S/C19H23FN6O2/c1-25(2)9-13-6-14(27)10-26(13)19-7-18(22-11-23-19)21-8-16-15-4-3-12(20)5-17(15)28-24-16/h3-5,7,11,13-14,27H,6,8-10H2,1-2H3,(H,21,22,23)/t13-,14-/m1/s1. The molecule has 1 fully saturated rings. The lowest BCUT2D eigenvalue weighted by molar-refractivity contribution is 0.191. The third-order valence-corrected chi connectivity index (χ3v) is 4.86. The van der Waals surface area contributed by atoms with Crippen molar-refractivity contribution in [2.45, 2.75) is 25.1 Å². The van der Waals surface area contributed by atoms with Gasteiger partial charge >= 0.3 is 0 Å². The Hall–Kier alpha value is -2.78. The van der Waals surface area contributed by atoms with E-state index in [1.54, 1.807) is 6.07 Å². The van der Waals surface area contributed by atoms with Crippen LogP contribution in [0.3, 0.4) is 0 Å². The molecule has 0 saturated carbocycles. The lowest BCUT2D eigenvalue weighted by Crippen LogP contribution is -2.38. The fraction of sp³-hybridized carbons (Fsp3) is 0.421. The molecule has 0 unspecified atom stereocenters. The van der Waals surface area contributed by atoms with Gasteiger partial charge in [0.2, 0.25) is 0 Å². The zero-order chi connectivity index (χ0) is 19.7. The van der Waals surface area contributed by atoms with Crippen LogP contribution in [0.1, 0.15) is 12.1 Å². The number of nitrogens with zero attached hydrogens (tertiary/aromatic N) is 5. The number of aliphatic hydroxyl groups is 1. The maximum atomic E-state index is 13.3. The number of rotatable bonds is 6. The lowest BCUT2D eigenvalue weighted by atomic mass is 10.2.